The summed E-state index contributed by atoms with van der Waals surface area (Å²) in [7, 11) is -7.28. The van der Waals surface area contributed by atoms with Crippen molar-refractivity contribution in [3.63, 3.8) is 0 Å². The van der Waals surface area contributed by atoms with Gasteiger partial charge < -0.3 is 0 Å². The molecule has 1 aromatic heterocycles. The molecule has 0 atom stereocenters. The van der Waals surface area contributed by atoms with Gasteiger partial charge in [0.2, 0.25) is 0 Å². The van der Waals surface area contributed by atoms with Crippen LogP contribution in [-0.4, -0.2) is 27.7 Å². The summed E-state index contributed by atoms with van der Waals surface area (Å²) in [6, 6.07) is 14.1. The van der Waals surface area contributed by atoms with E-state index < -0.39 is 20.0 Å². The molecule has 0 spiro atoms. The standard InChI is InChI=1S/C23H24N2O4S3/c26-31(27,22-10-8-17-4-1-2-5-19(17)15-22)24-21-9-7-18-11-12-25(16-20(18)14-21)32(28,29)23-6-3-13-30-23/h3,6-10,13-15,24H,1-2,4-5,11-12,16H2. The number of hydrogen-bond donors (Lipinski definition) is 1. The van der Waals surface area contributed by atoms with Crippen LogP contribution in [0.25, 0.3) is 0 Å². The first-order chi connectivity index (χ1) is 15.3. The molecular formula is C23H24N2O4S3. The van der Waals surface area contributed by atoms with Crippen molar-refractivity contribution in [3.05, 3.63) is 76.2 Å². The zero-order valence-corrected chi connectivity index (χ0v) is 19.9. The van der Waals surface area contributed by atoms with E-state index >= 15 is 0 Å². The van der Waals surface area contributed by atoms with E-state index in [1.54, 1.807) is 41.8 Å². The van der Waals surface area contributed by atoms with Gasteiger partial charge in [0.15, 0.2) is 0 Å². The largest absolute Gasteiger partial charge is 0.280 e. The zero-order valence-electron chi connectivity index (χ0n) is 17.5. The van der Waals surface area contributed by atoms with E-state index in [9.17, 15) is 16.8 Å². The molecule has 1 aliphatic heterocycles. The SMILES string of the molecule is O=S(=O)(Nc1ccc2c(c1)CN(S(=O)(=O)c1cccs1)CC2)c1ccc2c(c1)CCCC2. The van der Waals surface area contributed by atoms with Crippen LogP contribution >= 0.6 is 11.3 Å². The molecule has 0 radical (unpaired) electrons. The van der Waals surface area contributed by atoms with Crippen molar-refractivity contribution >= 4 is 37.1 Å². The summed E-state index contributed by atoms with van der Waals surface area (Å²) in [5, 5.41) is 1.75. The van der Waals surface area contributed by atoms with E-state index in [4.69, 9.17) is 0 Å². The quantitative estimate of drug-likeness (QED) is 0.584. The molecule has 0 unspecified atom stereocenters. The van der Waals surface area contributed by atoms with Crippen molar-refractivity contribution < 1.29 is 16.8 Å². The molecule has 2 aromatic carbocycles. The molecule has 1 N–H and O–H groups in total. The van der Waals surface area contributed by atoms with Crippen LogP contribution in [0, 0.1) is 0 Å². The molecule has 2 heterocycles. The van der Waals surface area contributed by atoms with Gasteiger partial charge in [0.05, 0.1) is 4.90 Å². The summed E-state index contributed by atoms with van der Waals surface area (Å²) in [4.78, 5) is 0.262. The second-order valence-electron chi connectivity index (χ2n) is 8.25. The number of sulfonamides is 2. The minimum Gasteiger partial charge on any atom is -0.280 e. The molecule has 0 fully saturated rings. The molecule has 6 nitrogen and oxygen atoms in total. The lowest BCUT2D eigenvalue weighted by molar-refractivity contribution is 0.392. The Kier molecular flexibility index (Phi) is 5.61. The van der Waals surface area contributed by atoms with E-state index in [2.05, 4.69) is 4.72 Å². The lowest BCUT2D eigenvalue weighted by atomic mass is 9.92. The van der Waals surface area contributed by atoms with Gasteiger partial charge in [0.25, 0.3) is 20.0 Å². The Morgan fingerprint density at radius 1 is 0.812 bits per heavy atom. The minimum absolute atomic E-state index is 0.226. The lowest BCUT2D eigenvalue weighted by Crippen LogP contribution is -2.35. The molecule has 0 bridgehead atoms. The second kappa shape index (κ2) is 8.30. The molecule has 3 aromatic rings. The van der Waals surface area contributed by atoms with Crippen molar-refractivity contribution in [2.24, 2.45) is 0 Å². The summed E-state index contributed by atoms with van der Waals surface area (Å²) in [5.41, 5.74) is 4.65. The Morgan fingerprint density at radius 3 is 2.34 bits per heavy atom. The van der Waals surface area contributed by atoms with Gasteiger partial charge in [-0.2, -0.15) is 4.31 Å². The van der Waals surface area contributed by atoms with E-state index in [0.29, 0.717) is 22.9 Å². The van der Waals surface area contributed by atoms with E-state index in [1.807, 2.05) is 12.1 Å². The van der Waals surface area contributed by atoms with Crippen LogP contribution in [0.15, 0.2) is 63.0 Å². The molecule has 0 saturated heterocycles. The Balaban J connectivity index is 1.39. The maximum absolute atomic E-state index is 13.0. The first kappa shape index (κ1) is 21.6. The second-order valence-corrected chi connectivity index (χ2v) is 13.0. The molecule has 32 heavy (non-hydrogen) atoms. The van der Waals surface area contributed by atoms with E-state index in [1.165, 1.54) is 21.2 Å². The van der Waals surface area contributed by atoms with Gasteiger partial charge in [0.1, 0.15) is 4.21 Å². The third-order valence-corrected chi connectivity index (χ3v) is 10.8. The van der Waals surface area contributed by atoms with Gasteiger partial charge in [-0.25, -0.2) is 16.8 Å². The Labute approximate surface area is 193 Å². The lowest BCUT2D eigenvalue weighted by Gasteiger charge is -2.28. The van der Waals surface area contributed by atoms with Gasteiger partial charge in [-0.05, 0) is 90.1 Å². The van der Waals surface area contributed by atoms with Gasteiger partial charge >= 0.3 is 0 Å². The number of hydrogen-bond acceptors (Lipinski definition) is 5. The highest BCUT2D eigenvalue weighted by atomic mass is 32.2. The smallest absolute Gasteiger partial charge is 0.261 e. The average molecular weight is 489 g/mol. The molecule has 5 rings (SSSR count). The van der Waals surface area contributed by atoms with Crippen LogP contribution in [0.1, 0.15) is 35.1 Å². The van der Waals surface area contributed by atoms with Gasteiger partial charge in [0, 0.05) is 18.8 Å². The molecule has 0 amide bonds. The van der Waals surface area contributed by atoms with Crippen molar-refractivity contribution in [1.29, 1.82) is 0 Å². The van der Waals surface area contributed by atoms with Gasteiger partial charge in [-0.15, -0.1) is 11.3 Å². The maximum atomic E-state index is 13.0. The topological polar surface area (TPSA) is 83.6 Å². The summed E-state index contributed by atoms with van der Waals surface area (Å²) < 4.78 is 56.3. The minimum atomic E-state index is -3.73. The summed E-state index contributed by atoms with van der Waals surface area (Å²) in [5.74, 6) is 0. The maximum Gasteiger partial charge on any atom is 0.261 e. The number of anilines is 1. The highest BCUT2D eigenvalue weighted by Gasteiger charge is 2.29. The van der Waals surface area contributed by atoms with Crippen LogP contribution in [0.5, 0.6) is 0 Å². The molecule has 2 aliphatic rings. The molecular weight excluding hydrogens is 464 g/mol. The van der Waals surface area contributed by atoms with Crippen molar-refractivity contribution in [2.75, 3.05) is 11.3 Å². The van der Waals surface area contributed by atoms with Crippen LogP contribution < -0.4 is 4.72 Å². The Morgan fingerprint density at radius 2 is 1.56 bits per heavy atom. The fourth-order valence-electron chi connectivity index (χ4n) is 4.43. The van der Waals surface area contributed by atoms with Crippen LogP contribution in [0.2, 0.25) is 0 Å². The number of aryl methyl sites for hydroxylation is 2. The number of nitrogens with zero attached hydrogens (tertiary/aromatic N) is 1. The fraction of sp³-hybridized carbons (Fsp3) is 0.304. The summed E-state index contributed by atoms with van der Waals surface area (Å²) in [6.45, 7) is 0.636. The Bertz CT molecular complexity index is 1360. The van der Waals surface area contributed by atoms with Crippen molar-refractivity contribution in [1.82, 2.24) is 4.31 Å². The number of benzene rings is 2. The normalized spacial score (nSPS) is 16.9. The number of fused-ring (bicyclic) bond motifs is 2. The third kappa shape index (κ3) is 4.10. The van der Waals surface area contributed by atoms with Crippen LogP contribution in [0.4, 0.5) is 5.69 Å². The average Bonchev–Trinajstić information content (AvgIpc) is 3.34. The van der Waals surface area contributed by atoms with Crippen LogP contribution in [-0.2, 0) is 45.9 Å². The molecule has 1 aliphatic carbocycles. The summed E-state index contributed by atoms with van der Waals surface area (Å²) >= 11 is 1.20. The predicted octanol–water partition coefficient (Wildman–Crippen LogP) is 4.17. The first-order valence-electron chi connectivity index (χ1n) is 10.6. The monoisotopic (exact) mass is 488 g/mol. The van der Waals surface area contributed by atoms with Crippen molar-refractivity contribution in [3.8, 4) is 0 Å². The number of nitrogens with one attached hydrogen (secondary N) is 1. The van der Waals surface area contributed by atoms with E-state index in [-0.39, 0.29) is 11.4 Å². The van der Waals surface area contributed by atoms with Gasteiger partial charge in [-0.1, -0.05) is 18.2 Å². The van der Waals surface area contributed by atoms with E-state index in [0.717, 1.165) is 42.4 Å². The number of rotatable bonds is 5. The van der Waals surface area contributed by atoms with Gasteiger partial charge in [-0.3, -0.25) is 4.72 Å². The Hall–Kier alpha value is -2.20. The molecule has 9 heteroatoms. The molecule has 0 saturated carbocycles. The fourth-order valence-corrected chi connectivity index (χ4v) is 8.09. The van der Waals surface area contributed by atoms with Crippen molar-refractivity contribution in [2.45, 2.75) is 47.8 Å². The predicted molar refractivity (Wildman–Crippen MR) is 126 cm³/mol. The highest BCUT2D eigenvalue weighted by molar-refractivity contribution is 7.92. The number of thiophene rings is 1. The highest BCUT2D eigenvalue weighted by Crippen LogP contribution is 2.30. The summed E-state index contributed by atoms with van der Waals surface area (Å²) in [6.07, 6.45) is 4.73. The third-order valence-electron chi connectivity index (χ3n) is 6.16. The van der Waals surface area contributed by atoms with Crippen LogP contribution in [0.3, 0.4) is 0 Å². The zero-order chi connectivity index (χ0) is 22.3. The first-order valence-corrected chi connectivity index (χ1v) is 14.4. The molecule has 168 valence electrons.